The van der Waals surface area contributed by atoms with Crippen molar-refractivity contribution in [3.63, 3.8) is 0 Å². The Kier molecular flexibility index (Phi) is 1.84. The zero-order valence-corrected chi connectivity index (χ0v) is 11.7. The van der Waals surface area contributed by atoms with E-state index in [1.54, 1.807) is 10.6 Å². The molecule has 0 bridgehead atoms. The maximum absolute atomic E-state index is 12.4. The highest BCUT2D eigenvalue weighted by Crippen LogP contribution is 2.59. The molecular formula is C13H13BrN2O2. The van der Waals surface area contributed by atoms with Crippen molar-refractivity contribution >= 4 is 21.8 Å². The molecule has 2 fully saturated rings. The third-order valence-corrected chi connectivity index (χ3v) is 5.19. The zero-order valence-electron chi connectivity index (χ0n) is 10.1. The molecule has 94 valence electrons. The molecule has 2 atom stereocenters. The van der Waals surface area contributed by atoms with Gasteiger partial charge in [-0.05, 0) is 53.7 Å². The van der Waals surface area contributed by atoms with E-state index in [1.165, 1.54) is 0 Å². The van der Waals surface area contributed by atoms with Crippen molar-refractivity contribution in [1.82, 2.24) is 9.47 Å². The van der Waals surface area contributed by atoms with Crippen LogP contribution in [0.1, 0.15) is 41.7 Å². The van der Waals surface area contributed by atoms with Crippen LogP contribution in [0.3, 0.4) is 0 Å². The van der Waals surface area contributed by atoms with Gasteiger partial charge in [0.05, 0.1) is 10.5 Å². The number of carbonyl (C=O) groups is 1. The van der Waals surface area contributed by atoms with Gasteiger partial charge in [-0.1, -0.05) is 6.42 Å². The van der Waals surface area contributed by atoms with Gasteiger partial charge in [0, 0.05) is 0 Å². The van der Waals surface area contributed by atoms with E-state index in [9.17, 15) is 9.59 Å². The monoisotopic (exact) mass is 308 g/mol. The molecule has 1 spiro atoms. The molecule has 2 aliphatic heterocycles. The van der Waals surface area contributed by atoms with Gasteiger partial charge in [0.1, 0.15) is 11.4 Å². The fourth-order valence-electron chi connectivity index (χ4n) is 3.89. The normalized spacial score (nSPS) is 32.0. The number of amides is 1. The maximum atomic E-state index is 12.4. The lowest BCUT2D eigenvalue weighted by Gasteiger charge is -2.21. The summed E-state index contributed by atoms with van der Waals surface area (Å²) in [6.07, 6.45) is 4.21. The van der Waals surface area contributed by atoms with E-state index in [4.69, 9.17) is 0 Å². The average Bonchev–Trinajstić information content (AvgIpc) is 2.95. The summed E-state index contributed by atoms with van der Waals surface area (Å²) in [5.41, 5.74) is 1.12. The Morgan fingerprint density at radius 3 is 2.94 bits per heavy atom. The van der Waals surface area contributed by atoms with E-state index >= 15 is 0 Å². The summed E-state index contributed by atoms with van der Waals surface area (Å²) in [6, 6.07) is 2.02. The molecule has 5 heteroatoms. The van der Waals surface area contributed by atoms with Crippen molar-refractivity contribution in [3.8, 4) is 0 Å². The van der Waals surface area contributed by atoms with Gasteiger partial charge in [-0.25, -0.2) is 0 Å². The van der Waals surface area contributed by atoms with Gasteiger partial charge < -0.3 is 4.90 Å². The first kappa shape index (κ1) is 10.8. The molecule has 1 aromatic heterocycles. The number of halogens is 1. The van der Waals surface area contributed by atoms with Gasteiger partial charge in [-0.3, -0.25) is 14.2 Å². The van der Waals surface area contributed by atoms with Gasteiger partial charge in [0.15, 0.2) is 0 Å². The topological polar surface area (TPSA) is 42.1 Å². The number of fused-ring (bicyclic) bond motifs is 2. The van der Waals surface area contributed by atoms with Crippen LogP contribution in [0.15, 0.2) is 15.3 Å². The van der Waals surface area contributed by atoms with Gasteiger partial charge in [-0.2, -0.15) is 0 Å². The molecule has 1 amide bonds. The fourth-order valence-corrected chi connectivity index (χ4v) is 4.41. The third-order valence-electron chi connectivity index (χ3n) is 4.62. The van der Waals surface area contributed by atoms with Crippen molar-refractivity contribution in [2.24, 2.45) is 0 Å². The van der Waals surface area contributed by atoms with E-state index in [2.05, 4.69) is 15.9 Å². The molecule has 1 saturated heterocycles. The molecule has 4 nitrogen and oxygen atoms in total. The molecule has 1 aliphatic carbocycles. The van der Waals surface area contributed by atoms with Crippen molar-refractivity contribution in [2.45, 2.75) is 44.3 Å². The highest BCUT2D eigenvalue weighted by molar-refractivity contribution is 9.10. The summed E-state index contributed by atoms with van der Waals surface area (Å²) in [5, 5.41) is 0. The van der Waals surface area contributed by atoms with Crippen LogP contribution in [-0.4, -0.2) is 21.4 Å². The first-order chi connectivity index (χ1) is 8.59. The lowest BCUT2D eigenvalue weighted by atomic mass is 9.94. The number of pyridine rings is 1. The standard InChI is InChI=1S/C13H13BrN2O2/c1-7-6-8(14)11(17)16-10(7)12(18)15-9-4-2-3-5-13(9,15)16/h6,9H,2-5H2,1H3. The van der Waals surface area contributed by atoms with Crippen LogP contribution < -0.4 is 5.56 Å². The summed E-state index contributed by atoms with van der Waals surface area (Å²) in [7, 11) is 0. The average molecular weight is 309 g/mol. The number of aromatic nitrogens is 1. The van der Waals surface area contributed by atoms with Crippen molar-refractivity contribution in [1.29, 1.82) is 0 Å². The van der Waals surface area contributed by atoms with Crippen LogP contribution in [0.2, 0.25) is 0 Å². The molecule has 0 N–H and O–H groups in total. The predicted molar refractivity (Wildman–Crippen MR) is 69.5 cm³/mol. The van der Waals surface area contributed by atoms with Gasteiger partial charge in [0.2, 0.25) is 0 Å². The Morgan fingerprint density at radius 1 is 1.39 bits per heavy atom. The van der Waals surface area contributed by atoms with E-state index < -0.39 is 0 Å². The number of carbonyl (C=O) groups excluding carboxylic acids is 1. The number of aryl methyl sites for hydroxylation is 1. The zero-order chi connectivity index (χ0) is 12.7. The van der Waals surface area contributed by atoms with Gasteiger partial charge in [-0.15, -0.1) is 0 Å². The van der Waals surface area contributed by atoms with Crippen LogP contribution >= 0.6 is 15.9 Å². The minimum atomic E-state index is -0.309. The summed E-state index contributed by atoms with van der Waals surface area (Å²) < 4.78 is 2.32. The van der Waals surface area contributed by atoms with E-state index in [1.807, 2.05) is 11.8 Å². The largest absolute Gasteiger partial charge is 0.304 e. The van der Waals surface area contributed by atoms with Crippen molar-refractivity contribution in [3.05, 3.63) is 32.2 Å². The Labute approximate surface area is 113 Å². The third kappa shape index (κ3) is 0.955. The summed E-state index contributed by atoms with van der Waals surface area (Å²) in [6.45, 7) is 1.90. The molecule has 2 unspecified atom stereocenters. The smallest absolute Gasteiger partial charge is 0.273 e. The van der Waals surface area contributed by atoms with Crippen LogP contribution in [0.25, 0.3) is 0 Å². The summed E-state index contributed by atoms with van der Waals surface area (Å²) in [4.78, 5) is 26.7. The van der Waals surface area contributed by atoms with Crippen LogP contribution in [-0.2, 0) is 5.66 Å². The minimum Gasteiger partial charge on any atom is -0.304 e. The Bertz CT molecular complexity index is 651. The quantitative estimate of drug-likeness (QED) is 0.688. The summed E-state index contributed by atoms with van der Waals surface area (Å²) in [5.74, 6) is 0.0454. The predicted octanol–water partition coefficient (Wildman–Crippen LogP) is 1.98. The second kappa shape index (κ2) is 3.07. The van der Waals surface area contributed by atoms with Crippen LogP contribution in [0.5, 0.6) is 0 Å². The lowest BCUT2D eigenvalue weighted by Crippen LogP contribution is -2.36. The Morgan fingerprint density at radius 2 is 2.17 bits per heavy atom. The van der Waals surface area contributed by atoms with Crippen LogP contribution in [0, 0.1) is 6.92 Å². The molecule has 0 aromatic carbocycles. The number of hydrogen-bond donors (Lipinski definition) is 0. The second-order valence-corrected chi connectivity index (χ2v) is 6.33. The van der Waals surface area contributed by atoms with E-state index in [0.29, 0.717) is 10.2 Å². The van der Waals surface area contributed by atoms with Gasteiger partial charge in [0.25, 0.3) is 11.5 Å². The van der Waals surface area contributed by atoms with E-state index in [0.717, 1.165) is 31.2 Å². The molecule has 0 radical (unpaired) electrons. The molecule has 3 aliphatic rings. The second-order valence-electron chi connectivity index (χ2n) is 5.48. The van der Waals surface area contributed by atoms with Crippen molar-refractivity contribution in [2.75, 3.05) is 0 Å². The minimum absolute atomic E-state index is 0.0454. The van der Waals surface area contributed by atoms with Crippen LogP contribution in [0.4, 0.5) is 0 Å². The summed E-state index contributed by atoms with van der Waals surface area (Å²) >= 11 is 3.32. The van der Waals surface area contributed by atoms with Gasteiger partial charge >= 0.3 is 0 Å². The molecule has 1 saturated carbocycles. The fraction of sp³-hybridized carbons (Fsp3) is 0.538. The molecule has 18 heavy (non-hydrogen) atoms. The highest BCUT2D eigenvalue weighted by Gasteiger charge is 2.72. The highest BCUT2D eigenvalue weighted by atomic mass is 79.9. The Balaban J connectivity index is 2.05. The first-order valence-corrected chi connectivity index (χ1v) is 7.14. The molecular weight excluding hydrogens is 296 g/mol. The molecule has 4 rings (SSSR count). The van der Waals surface area contributed by atoms with E-state index in [-0.39, 0.29) is 23.2 Å². The molecule has 1 aromatic rings. The molecule has 3 heterocycles. The first-order valence-electron chi connectivity index (χ1n) is 6.35. The van der Waals surface area contributed by atoms with Crippen molar-refractivity contribution < 1.29 is 4.79 Å². The number of hydrogen-bond acceptors (Lipinski definition) is 2. The Hall–Kier alpha value is -1.10. The maximum Gasteiger partial charge on any atom is 0.273 e. The lowest BCUT2D eigenvalue weighted by molar-refractivity contribution is 0.0866. The SMILES string of the molecule is Cc1cc(Br)c(=O)n2c1C(=O)N1C3CCCCC312. The number of nitrogens with zero attached hydrogens (tertiary/aromatic N) is 2. The number of rotatable bonds is 0.